The van der Waals surface area contributed by atoms with E-state index in [9.17, 15) is 9.90 Å². The standard InChI is InChI=1S/C22H24N4O2/c1-16-4-5-19(20(27)13-16)22(28)26-11-2-3-18(15-26)21-24-10-12-25(21)14-17-6-8-23-9-7-17/h4-10,12-13,18,27H,2-3,11,14-15H2,1H3/t18-/m0/s1. The van der Waals surface area contributed by atoms with Crippen LogP contribution in [0.2, 0.25) is 0 Å². The van der Waals surface area contributed by atoms with Crippen molar-refractivity contribution in [2.75, 3.05) is 13.1 Å². The number of nitrogens with zero attached hydrogens (tertiary/aromatic N) is 4. The Bertz CT molecular complexity index is 968. The number of carbonyl (C=O) groups excluding carboxylic acids is 1. The van der Waals surface area contributed by atoms with Crippen LogP contribution in [0.1, 0.15) is 46.1 Å². The molecule has 1 N–H and O–H groups in total. The van der Waals surface area contributed by atoms with Crippen LogP contribution >= 0.6 is 0 Å². The van der Waals surface area contributed by atoms with Crippen molar-refractivity contribution in [1.82, 2.24) is 19.4 Å². The molecule has 0 unspecified atom stereocenters. The van der Waals surface area contributed by atoms with Crippen molar-refractivity contribution >= 4 is 5.91 Å². The monoisotopic (exact) mass is 376 g/mol. The van der Waals surface area contributed by atoms with E-state index in [-0.39, 0.29) is 17.6 Å². The summed E-state index contributed by atoms with van der Waals surface area (Å²) in [5.41, 5.74) is 2.47. The van der Waals surface area contributed by atoms with E-state index in [1.165, 1.54) is 5.56 Å². The normalized spacial score (nSPS) is 16.9. The van der Waals surface area contributed by atoms with Crippen LogP contribution in [0.25, 0.3) is 0 Å². The van der Waals surface area contributed by atoms with Gasteiger partial charge in [-0.1, -0.05) is 6.07 Å². The molecule has 2 aromatic heterocycles. The Morgan fingerprint density at radius 2 is 2.04 bits per heavy atom. The first-order valence-electron chi connectivity index (χ1n) is 9.60. The topological polar surface area (TPSA) is 71.2 Å². The van der Waals surface area contributed by atoms with Crippen LogP contribution in [0.3, 0.4) is 0 Å². The zero-order valence-electron chi connectivity index (χ0n) is 16.0. The van der Waals surface area contributed by atoms with E-state index in [0.29, 0.717) is 18.7 Å². The molecule has 1 saturated heterocycles. The third-order valence-corrected chi connectivity index (χ3v) is 5.31. The molecule has 1 fully saturated rings. The molecule has 3 heterocycles. The van der Waals surface area contributed by atoms with Gasteiger partial charge in [0.15, 0.2) is 0 Å². The van der Waals surface area contributed by atoms with Crippen LogP contribution in [-0.2, 0) is 6.54 Å². The summed E-state index contributed by atoms with van der Waals surface area (Å²) < 4.78 is 2.15. The second kappa shape index (κ2) is 7.84. The average molecular weight is 376 g/mol. The van der Waals surface area contributed by atoms with E-state index in [1.807, 2.05) is 42.4 Å². The van der Waals surface area contributed by atoms with E-state index in [0.717, 1.165) is 30.8 Å². The van der Waals surface area contributed by atoms with Gasteiger partial charge in [0.05, 0.1) is 5.56 Å². The number of aromatic nitrogens is 3. The highest BCUT2D eigenvalue weighted by molar-refractivity contribution is 5.97. The van der Waals surface area contributed by atoms with E-state index in [2.05, 4.69) is 14.5 Å². The molecule has 0 saturated carbocycles. The molecule has 144 valence electrons. The molecule has 1 amide bonds. The summed E-state index contributed by atoms with van der Waals surface area (Å²) in [7, 11) is 0. The van der Waals surface area contributed by atoms with Gasteiger partial charge in [0, 0.05) is 50.3 Å². The van der Waals surface area contributed by atoms with Crippen LogP contribution < -0.4 is 0 Å². The molecule has 4 rings (SSSR count). The predicted octanol–water partition coefficient (Wildman–Crippen LogP) is 3.36. The Morgan fingerprint density at radius 3 is 2.82 bits per heavy atom. The summed E-state index contributed by atoms with van der Waals surface area (Å²) in [5, 5.41) is 10.2. The molecule has 0 radical (unpaired) electrons. The molecular formula is C22H24N4O2. The number of hydrogen-bond acceptors (Lipinski definition) is 4. The molecule has 0 bridgehead atoms. The molecule has 0 spiro atoms. The van der Waals surface area contributed by atoms with Gasteiger partial charge in [-0.3, -0.25) is 9.78 Å². The minimum Gasteiger partial charge on any atom is -0.507 e. The molecule has 6 nitrogen and oxygen atoms in total. The van der Waals surface area contributed by atoms with Crippen LogP contribution in [0.5, 0.6) is 5.75 Å². The second-order valence-corrected chi connectivity index (χ2v) is 7.38. The van der Waals surface area contributed by atoms with Crippen LogP contribution in [0, 0.1) is 6.92 Å². The number of carbonyl (C=O) groups is 1. The van der Waals surface area contributed by atoms with Crippen LogP contribution in [0.4, 0.5) is 0 Å². The third-order valence-electron chi connectivity index (χ3n) is 5.31. The molecule has 6 heteroatoms. The van der Waals surface area contributed by atoms with E-state index < -0.39 is 0 Å². The SMILES string of the molecule is Cc1ccc(C(=O)N2CCC[C@H](c3nccn3Cc3ccncc3)C2)c(O)c1. The average Bonchev–Trinajstić information content (AvgIpc) is 3.16. The van der Waals surface area contributed by atoms with Crippen LogP contribution in [0.15, 0.2) is 55.1 Å². The maximum Gasteiger partial charge on any atom is 0.257 e. The molecule has 1 atom stereocenters. The fourth-order valence-corrected chi connectivity index (χ4v) is 3.86. The second-order valence-electron chi connectivity index (χ2n) is 7.38. The summed E-state index contributed by atoms with van der Waals surface area (Å²) in [6.45, 7) is 3.95. The van der Waals surface area contributed by atoms with Gasteiger partial charge in [0.25, 0.3) is 5.91 Å². The number of hydrogen-bond donors (Lipinski definition) is 1. The lowest BCUT2D eigenvalue weighted by molar-refractivity contribution is 0.0700. The summed E-state index contributed by atoms with van der Waals surface area (Å²) in [6.07, 6.45) is 9.32. The number of aromatic hydroxyl groups is 1. The molecule has 28 heavy (non-hydrogen) atoms. The molecule has 0 aliphatic carbocycles. The highest BCUT2D eigenvalue weighted by atomic mass is 16.3. The largest absolute Gasteiger partial charge is 0.507 e. The van der Waals surface area contributed by atoms with Gasteiger partial charge in [-0.05, 0) is 55.2 Å². The maximum absolute atomic E-state index is 13.0. The number of amides is 1. The number of phenols is 1. The molecular weight excluding hydrogens is 352 g/mol. The first kappa shape index (κ1) is 18.2. The van der Waals surface area contributed by atoms with Gasteiger partial charge in [-0.2, -0.15) is 0 Å². The lowest BCUT2D eigenvalue weighted by Crippen LogP contribution is -2.39. The van der Waals surface area contributed by atoms with E-state index >= 15 is 0 Å². The number of benzene rings is 1. The maximum atomic E-state index is 13.0. The van der Waals surface area contributed by atoms with Crippen molar-refractivity contribution in [2.24, 2.45) is 0 Å². The smallest absolute Gasteiger partial charge is 0.257 e. The minimum atomic E-state index is -0.116. The Morgan fingerprint density at radius 1 is 1.21 bits per heavy atom. The van der Waals surface area contributed by atoms with Crippen molar-refractivity contribution in [1.29, 1.82) is 0 Å². The summed E-state index contributed by atoms with van der Waals surface area (Å²) in [4.78, 5) is 23.5. The Hall–Kier alpha value is -3.15. The first-order chi connectivity index (χ1) is 13.6. The Balaban J connectivity index is 1.52. The number of imidazole rings is 1. The van der Waals surface area contributed by atoms with Gasteiger partial charge < -0.3 is 14.6 Å². The van der Waals surface area contributed by atoms with Gasteiger partial charge in [0.1, 0.15) is 11.6 Å². The molecule has 1 aliphatic rings. The fraction of sp³-hybridized carbons (Fsp3) is 0.318. The molecule has 1 aromatic carbocycles. The number of piperidine rings is 1. The number of aryl methyl sites for hydroxylation is 1. The minimum absolute atomic E-state index is 0.0475. The number of rotatable bonds is 4. The van der Waals surface area contributed by atoms with Crippen LogP contribution in [-0.4, -0.2) is 43.5 Å². The third kappa shape index (κ3) is 3.76. The number of likely N-dealkylation sites (tertiary alicyclic amines) is 1. The van der Waals surface area contributed by atoms with Gasteiger partial charge >= 0.3 is 0 Å². The Kier molecular flexibility index (Phi) is 5.10. The van der Waals surface area contributed by atoms with Crippen molar-refractivity contribution in [3.05, 3.63) is 77.6 Å². The van der Waals surface area contributed by atoms with Gasteiger partial charge in [-0.25, -0.2) is 4.98 Å². The lowest BCUT2D eigenvalue weighted by Gasteiger charge is -2.33. The van der Waals surface area contributed by atoms with Gasteiger partial charge in [-0.15, -0.1) is 0 Å². The molecule has 3 aromatic rings. The fourth-order valence-electron chi connectivity index (χ4n) is 3.86. The highest BCUT2D eigenvalue weighted by Gasteiger charge is 2.29. The van der Waals surface area contributed by atoms with E-state index in [1.54, 1.807) is 24.5 Å². The predicted molar refractivity (Wildman–Crippen MR) is 106 cm³/mol. The Labute approximate surface area is 164 Å². The van der Waals surface area contributed by atoms with E-state index in [4.69, 9.17) is 0 Å². The van der Waals surface area contributed by atoms with Gasteiger partial charge in [0.2, 0.25) is 0 Å². The number of phenolic OH excluding ortho intramolecular Hbond substituents is 1. The summed E-state index contributed by atoms with van der Waals surface area (Å²) in [6, 6.07) is 9.20. The van der Waals surface area contributed by atoms with Crippen molar-refractivity contribution in [3.63, 3.8) is 0 Å². The first-order valence-corrected chi connectivity index (χ1v) is 9.60. The number of pyridine rings is 1. The van der Waals surface area contributed by atoms with Crippen molar-refractivity contribution in [2.45, 2.75) is 32.2 Å². The lowest BCUT2D eigenvalue weighted by atomic mass is 9.96. The highest BCUT2D eigenvalue weighted by Crippen LogP contribution is 2.29. The summed E-state index contributed by atoms with van der Waals surface area (Å²) in [5.74, 6) is 1.12. The summed E-state index contributed by atoms with van der Waals surface area (Å²) >= 11 is 0. The molecule has 1 aliphatic heterocycles. The van der Waals surface area contributed by atoms with Crippen molar-refractivity contribution < 1.29 is 9.90 Å². The zero-order chi connectivity index (χ0) is 19.5. The quantitative estimate of drug-likeness (QED) is 0.758. The van der Waals surface area contributed by atoms with Crippen molar-refractivity contribution in [3.8, 4) is 5.75 Å². The zero-order valence-corrected chi connectivity index (χ0v) is 16.0.